The minimum atomic E-state index is -4.27. The zero-order chi connectivity index (χ0) is 13.9. The summed E-state index contributed by atoms with van der Waals surface area (Å²) >= 11 is 1.96. The average molecular weight is 289 g/mol. The van der Waals surface area contributed by atoms with Crippen molar-refractivity contribution in [1.29, 1.82) is 0 Å². The lowest BCUT2D eigenvalue weighted by Crippen LogP contribution is -2.19. The van der Waals surface area contributed by atoms with Gasteiger partial charge in [0.15, 0.2) is 0 Å². The van der Waals surface area contributed by atoms with Crippen molar-refractivity contribution in [2.45, 2.75) is 31.5 Å². The first-order chi connectivity index (χ1) is 8.97. The molecule has 0 spiro atoms. The number of hydrogen-bond acceptors (Lipinski definition) is 2. The van der Waals surface area contributed by atoms with Gasteiger partial charge in [-0.1, -0.05) is 12.1 Å². The molecule has 1 fully saturated rings. The average Bonchev–Trinajstić information content (AvgIpc) is 2.39. The van der Waals surface area contributed by atoms with E-state index >= 15 is 0 Å². The van der Waals surface area contributed by atoms with E-state index in [4.69, 9.17) is 5.73 Å². The van der Waals surface area contributed by atoms with Crippen LogP contribution in [0, 0.1) is 5.92 Å². The number of benzene rings is 1. The van der Waals surface area contributed by atoms with Gasteiger partial charge in [-0.2, -0.15) is 24.9 Å². The molecule has 1 aliphatic heterocycles. The third kappa shape index (κ3) is 4.14. The second kappa shape index (κ2) is 6.18. The summed E-state index contributed by atoms with van der Waals surface area (Å²) in [4.78, 5) is 0. The molecule has 1 nitrogen and oxygen atoms in total. The monoisotopic (exact) mass is 289 g/mol. The third-order valence-electron chi connectivity index (χ3n) is 3.59. The van der Waals surface area contributed by atoms with Crippen molar-refractivity contribution in [3.05, 3.63) is 35.4 Å². The fraction of sp³-hybridized carbons (Fsp3) is 0.571. The molecule has 2 N–H and O–H groups in total. The van der Waals surface area contributed by atoms with Gasteiger partial charge >= 0.3 is 6.18 Å². The highest BCUT2D eigenvalue weighted by Crippen LogP contribution is 2.32. The van der Waals surface area contributed by atoms with Gasteiger partial charge < -0.3 is 5.73 Å². The fourth-order valence-corrected chi connectivity index (χ4v) is 3.60. The Morgan fingerprint density at radius 3 is 2.26 bits per heavy atom. The van der Waals surface area contributed by atoms with Gasteiger partial charge in [0.25, 0.3) is 0 Å². The van der Waals surface area contributed by atoms with Gasteiger partial charge in [0.1, 0.15) is 0 Å². The number of thioether (sulfide) groups is 1. The quantitative estimate of drug-likeness (QED) is 0.900. The first kappa shape index (κ1) is 14.7. The summed E-state index contributed by atoms with van der Waals surface area (Å²) in [6.45, 7) is 0. The summed E-state index contributed by atoms with van der Waals surface area (Å²) in [6, 6.07) is 5.09. The number of alkyl halides is 3. The normalized spacial score (nSPS) is 19.4. The molecule has 0 amide bonds. The molecule has 0 bridgehead atoms. The number of nitrogens with two attached hydrogens (primary N) is 1. The van der Waals surface area contributed by atoms with E-state index in [9.17, 15) is 13.2 Å². The maximum atomic E-state index is 12.5. The molecule has 1 aliphatic rings. The largest absolute Gasteiger partial charge is 0.416 e. The summed E-state index contributed by atoms with van der Waals surface area (Å²) in [5.74, 6) is 2.95. The molecule has 0 aliphatic carbocycles. The smallest absolute Gasteiger partial charge is 0.324 e. The van der Waals surface area contributed by atoms with E-state index in [-0.39, 0.29) is 6.04 Å². The number of rotatable bonds is 3. The Morgan fingerprint density at radius 2 is 1.74 bits per heavy atom. The van der Waals surface area contributed by atoms with Crippen LogP contribution >= 0.6 is 11.8 Å². The molecule has 1 saturated heterocycles. The summed E-state index contributed by atoms with van der Waals surface area (Å²) in [5, 5.41) is 0. The fourth-order valence-electron chi connectivity index (χ4n) is 2.40. The molecule has 19 heavy (non-hydrogen) atoms. The van der Waals surface area contributed by atoms with Crippen LogP contribution in [0.5, 0.6) is 0 Å². The first-order valence-electron chi connectivity index (χ1n) is 6.47. The van der Waals surface area contributed by atoms with Crippen molar-refractivity contribution in [2.75, 3.05) is 11.5 Å². The molecule has 1 unspecified atom stereocenters. The van der Waals surface area contributed by atoms with Gasteiger partial charge in [-0.05, 0) is 54.4 Å². The van der Waals surface area contributed by atoms with Crippen molar-refractivity contribution in [1.82, 2.24) is 0 Å². The maximum Gasteiger partial charge on any atom is 0.416 e. The molecule has 2 rings (SSSR count). The van der Waals surface area contributed by atoms with Gasteiger partial charge in [-0.15, -0.1) is 0 Å². The topological polar surface area (TPSA) is 26.0 Å². The Labute approximate surface area is 115 Å². The lowest BCUT2D eigenvalue weighted by molar-refractivity contribution is -0.137. The van der Waals surface area contributed by atoms with E-state index in [0.29, 0.717) is 5.92 Å². The van der Waals surface area contributed by atoms with Crippen LogP contribution in [0.15, 0.2) is 24.3 Å². The zero-order valence-corrected chi connectivity index (χ0v) is 11.4. The van der Waals surface area contributed by atoms with E-state index in [2.05, 4.69) is 0 Å². The molecule has 106 valence electrons. The highest BCUT2D eigenvalue weighted by molar-refractivity contribution is 7.99. The van der Waals surface area contributed by atoms with Crippen LogP contribution in [0.1, 0.15) is 36.4 Å². The molecular weight excluding hydrogens is 271 g/mol. The lowest BCUT2D eigenvalue weighted by atomic mass is 9.91. The Morgan fingerprint density at radius 1 is 1.16 bits per heavy atom. The van der Waals surface area contributed by atoms with E-state index in [1.54, 1.807) is 0 Å². The SMILES string of the molecule is NC(CC1CCSCC1)c1ccc(C(F)(F)F)cc1. The van der Waals surface area contributed by atoms with Gasteiger partial charge in [0.05, 0.1) is 5.56 Å². The van der Waals surface area contributed by atoms with Crippen LogP contribution in [0.2, 0.25) is 0 Å². The van der Waals surface area contributed by atoms with Gasteiger partial charge in [-0.3, -0.25) is 0 Å². The van der Waals surface area contributed by atoms with E-state index in [1.165, 1.54) is 36.5 Å². The van der Waals surface area contributed by atoms with Crippen molar-refractivity contribution >= 4 is 11.8 Å². The molecule has 0 aromatic heterocycles. The van der Waals surface area contributed by atoms with Crippen LogP contribution in [0.3, 0.4) is 0 Å². The van der Waals surface area contributed by atoms with Crippen LogP contribution in [0.25, 0.3) is 0 Å². The van der Waals surface area contributed by atoms with E-state index in [1.807, 2.05) is 11.8 Å². The second-order valence-corrected chi connectivity index (χ2v) is 6.24. The second-order valence-electron chi connectivity index (χ2n) is 5.02. The van der Waals surface area contributed by atoms with E-state index < -0.39 is 11.7 Å². The highest BCUT2D eigenvalue weighted by Gasteiger charge is 2.30. The molecule has 1 aromatic rings. The van der Waals surface area contributed by atoms with Crippen molar-refractivity contribution in [3.8, 4) is 0 Å². The highest BCUT2D eigenvalue weighted by atomic mass is 32.2. The predicted octanol–water partition coefficient (Wildman–Crippen LogP) is 4.24. The molecule has 0 radical (unpaired) electrons. The summed E-state index contributed by atoms with van der Waals surface area (Å²) in [6.07, 6.45) is -1.08. The Hall–Kier alpha value is -0.680. The minimum absolute atomic E-state index is 0.157. The molecule has 1 aromatic carbocycles. The van der Waals surface area contributed by atoms with Gasteiger partial charge in [-0.25, -0.2) is 0 Å². The standard InChI is InChI=1S/C14H18F3NS/c15-14(16,17)12-3-1-11(2-4-12)13(18)9-10-5-7-19-8-6-10/h1-4,10,13H,5-9,18H2. The molecule has 1 atom stereocenters. The van der Waals surface area contributed by atoms with E-state index in [0.717, 1.165) is 24.1 Å². The minimum Gasteiger partial charge on any atom is -0.324 e. The Kier molecular flexibility index (Phi) is 4.79. The summed E-state index contributed by atoms with van der Waals surface area (Å²) in [7, 11) is 0. The molecule has 1 heterocycles. The number of hydrogen-bond donors (Lipinski definition) is 1. The van der Waals surface area contributed by atoms with Gasteiger partial charge in [0, 0.05) is 6.04 Å². The van der Waals surface area contributed by atoms with Gasteiger partial charge in [0.2, 0.25) is 0 Å². The summed E-state index contributed by atoms with van der Waals surface area (Å²) < 4.78 is 37.4. The van der Waals surface area contributed by atoms with Crippen LogP contribution in [-0.4, -0.2) is 11.5 Å². The molecule has 5 heteroatoms. The van der Waals surface area contributed by atoms with Crippen molar-refractivity contribution in [2.24, 2.45) is 11.7 Å². The van der Waals surface area contributed by atoms with Crippen molar-refractivity contribution < 1.29 is 13.2 Å². The first-order valence-corrected chi connectivity index (χ1v) is 7.63. The summed E-state index contributed by atoms with van der Waals surface area (Å²) in [5.41, 5.74) is 6.28. The lowest BCUT2D eigenvalue weighted by Gasteiger charge is -2.24. The molecular formula is C14H18F3NS. The Bertz CT molecular complexity index is 396. The molecule has 0 saturated carbocycles. The van der Waals surface area contributed by atoms with Crippen LogP contribution in [0.4, 0.5) is 13.2 Å². The van der Waals surface area contributed by atoms with Crippen LogP contribution in [-0.2, 0) is 6.18 Å². The van der Waals surface area contributed by atoms with Crippen molar-refractivity contribution in [3.63, 3.8) is 0 Å². The zero-order valence-electron chi connectivity index (χ0n) is 10.6. The predicted molar refractivity (Wildman–Crippen MR) is 73.0 cm³/mol. The van der Waals surface area contributed by atoms with Crippen LogP contribution < -0.4 is 5.73 Å². The Balaban J connectivity index is 1.97. The third-order valence-corrected chi connectivity index (χ3v) is 4.64. The number of halogens is 3. The maximum absolute atomic E-state index is 12.5.